The van der Waals surface area contributed by atoms with E-state index in [1.165, 1.54) is 48.1 Å². The van der Waals surface area contributed by atoms with Crippen molar-refractivity contribution in [1.29, 1.82) is 0 Å². The number of aromatic nitrogens is 2. The topological polar surface area (TPSA) is 97.1 Å². The highest BCUT2D eigenvalue weighted by Gasteiger charge is 2.56. The van der Waals surface area contributed by atoms with Gasteiger partial charge in [-0.3, -0.25) is 9.48 Å². The smallest absolute Gasteiger partial charge is 0.407 e. The Kier molecular flexibility index (Phi) is 8.43. The molecule has 220 valence electrons. The van der Waals surface area contributed by atoms with Gasteiger partial charge < -0.3 is 24.4 Å². The third-order valence-corrected chi connectivity index (χ3v) is 9.11. The Morgan fingerprint density at radius 2 is 1.93 bits per heavy atom. The van der Waals surface area contributed by atoms with Gasteiger partial charge >= 0.3 is 6.09 Å². The number of carboxylic acid groups (broad SMARTS) is 1. The Hall–Kier alpha value is -2.65. The van der Waals surface area contributed by atoms with Gasteiger partial charge in [0.15, 0.2) is 5.60 Å². The predicted molar refractivity (Wildman–Crippen MR) is 153 cm³/mol. The van der Waals surface area contributed by atoms with Crippen LogP contribution in [0.2, 0.25) is 0 Å². The zero-order chi connectivity index (χ0) is 28.5. The molecule has 0 radical (unpaired) electrons. The molecular weight excluding hydrogens is 508 g/mol. The molecule has 2 heterocycles. The maximum Gasteiger partial charge on any atom is 0.407 e. The second-order valence-electron chi connectivity index (χ2n) is 12.9. The minimum Gasteiger partial charge on any atom is -0.465 e. The van der Waals surface area contributed by atoms with Gasteiger partial charge in [0.05, 0.1) is 24.4 Å². The number of aryl methyl sites for hydroxylation is 1. The molecule has 3 aliphatic rings. The lowest BCUT2D eigenvalue weighted by Gasteiger charge is -2.50. The number of hydrogen-bond acceptors (Lipinski definition) is 5. The number of morpholine rings is 1. The van der Waals surface area contributed by atoms with Gasteiger partial charge in [0, 0.05) is 56.1 Å². The van der Waals surface area contributed by atoms with E-state index in [1.807, 2.05) is 25.7 Å². The van der Waals surface area contributed by atoms with Gasteiger partial charge in [0.25, 0.3) is 5.91 Å². The SMILES string of the molecule is COCCCn1nc(C2CCCCC2)c2ccc(CN(C(=O)[C@@]3(C(C)(C)C)CN(C(=O)O)CCO3)C3CC3)cc21. The van der Waals surface area contributed by atoms with Gasteiger partial charge in [0.2, 0.25) is 0 Å². The molecule has 2 aliphatic carbocycles. The normalized spacial score (nSPS) is 22.6. The van der Waals surface area contributed by atoms with E-state index in [9.17, 15) is 14.7 Å². The van der Waals surface area contributed by atoms with Crippen LogP contribution in [0.5, 0.6) is 0 Å². The second kappa shape index (κ2) is 11.7. The molecule has 3 fully saturated rings. The van der Waals surface area contributed by atoms with Crippen LogP contribution in [-0.2, 0) is 27.4 Å². The number of methoxy groups -OCH3 is 1. The van der Waals surface area contributed by atoms with E-state index in [0.717, 1.165) is 36.9 Å². The molecule has 1 aromatic carbocycles. The van der Waals surface area contributed by atoms with Crippen molar-refractivity contribution in [2.75, 3.05) is 33.4 Å². The Morgan fingerprint density at radius 1 is 1.18 bits per heavy atom. The monoisotopic (exact) mass is 554 g/mol. The molecule has 0 spiro atoms. The van der Waals surface area contributed by atoms with Crippen molar-refractivity contribution >= 4 is 22.9 Å². The van der Waals surface area contributed by atoms with Crippen LogP contribution in [0.3, 0.4) is 0 Å². The summed E-state index contributed by atoms with van der Waals surface area (Å²) in [6.07, 6.45) is 8.00. The van der Waals surface area contributed by atoms with Gasteiger partial charge in [-0.2, -0.15) is 5.10 Å². The zero-order valence-electron chi connectivity index (χ0n) is 24.7. The molecule has 5 rings (SSSR count). The number of benzene rings is 1. The largest absolute Gasteiger partial charge is 0.465 e. The maximum atomic E-state index is 14.4. The van der Waals surface area contributed by atoms with Crippen LogP contribution in [0.1, 0.15) is 89.3 Å². The Balaban J connectivity index is 1.46. The molecule has 2 amide bonds. The maximum absolute atomic E-state index is 14.4. The van der Waals surface area contributed by atoms with E-state index in [0.29, 0.717) is 19.1 Å². The molecular formula is C31H46N4O5. The summed E-state index contributed by atoms with van der Waals surface area (Å²) in [6, 6.07) is 6.70. The molecule has 9 nitrogen and oxygen atoms in total. The van der Waals surface area contributed by atoms with Gasteiger partial charge in [-0.1, -0.05) is 52.2 Å². The van der Waals surface area contributed by atoms with Crippen molar-refractivity contribution in [3.63, 3.8) is 0 Å². The summed E-state index contributed by atoms with van der Waals surface area (Å²) in [5.41, 5.74) is 1.58. The lowest BCUT2D eigenvalue weighted by atomic mass is 9.74. The highest BCUT2D eigenvalue weighted by Crippen LogP contribution is 2.42. The molecule has 2 saturated carbocycles. The van der Waals surface area contributed by atoms with E-state index >= 15 is 0 Å². The van der Waals surface area contributed by atoms with Crippen LogP contribution in [0.15, 0.2) is 18.2 Å². The lowest BCUT2D eigenvalue weighted by Crippen LogP contribution is -2.67. The van der Waals surface area contributed by atoms with Crippen molar-refractivity contribution < 1.29 is 24.2 Å². The number of rotatable bonds is 9. The van der Waals surface area contributed by atoms with Crippen LogP contribution < -0.4 is 0 Å². The molecule has 9 heteroatoms. The van der Waals surface area contributed by atoms with E-state index in [-0.39, 0.29) is 31.6 Å². The first kappa shape index (κ1) is 28.9. The molecule has 1 saturated heterocycles. The third kappa shape index (κ3) is 5.73. The first-order valence-electron chi connectivity index (χ1n) is 15.1. The number of amides is 2. The molecule has 1 N–H and O–H groups in total. The van der Waals surface area contributed by atoms with Crippen LogP contribution in [0.4, 0.5) is 4.79 Å². The molecule has 1 atom stereocenters. The molecule has 1 aliphatic heterocycles. The van der Waals surface area contributed by atoms with Crippen molar-refractivity contribution in [1.82, 2.24) is 19.6 Å². The first-order chi connectivity index (χ1) is 19.1. The molecule has 0 unspecified atom stereocenters. The van der Waals surface area contributed by atoms with Gasteiger partial charge in [0.1, 0.15) is 0 Å². The van der Waals surface area contributed by atoms with Crippen molar-refractivity contribution in [2.24, 2.45) is 5.41 Å². The fourth-order valence-electron chi connectivity index (χ4n) is 6.52. The molecule has 40 heavy (non-hydrogen) atoms. The van der Waals surface area contributed by atoms with Crippen LogP contribution >= 0.6 is 0 Å². The van der Waals surface area contributed by atoms with Crippen molar-refractivity contribution in [2.45, 2.75) is 103 Å². The van der Waals surface area contributed by atoms with E-state index in [4.69, 9.17) is 14.6 Å². The van der Waals surface area contributed by atoms with Gasteiger partial charge in [-0.15, -0.1) is 0 Å². The summed E-state index contributed by atoms with van der Waals surface area (Å²) in [7, 11) is 1.73. The molecule has 2 aromatic rings. The van der Waals surface area contributed by atoms with Gasteiger partial charge in [-0.05, 0) is 43.7 Å². The zero-order valence-corrected chi connectivity index (χ0v) is 24.7. The summed E-state index contributed by atoms with van der Waals surface area (Å²) in [6.45, 7) is 8.39. The second-order valence-corrected chi connectivity index (χ2v) is 12.9. The minimum absolute atomic E-state index is 0.0456. The number of ether oxygens (including phenoxy) is 2. The Bertz CT molecular complexity index is 1210. The fraction of sp³-hybridized carbons (Fsp3) is 0.710. The van der Waals surface area contributed by atoms with Gasteiger partial charge in [-0.25, -0.2) is 4.79 Å². The van der Waals surface area contributed by atoms with Crippen molar-refractivity contribution in [3.05, 3.63) is 29.5 Å². The lowest BCUT2D eigenvalue weighted by molar-refractivity contribution is -0.192. The Labute approximate surface area is 237 Å². The summed E-state index contributed by atoms with van der Waals surface area (Å²) in [5.74, 6) is 0.396. The molecule has 1 aromatic heterocycles. The summed E-state index contributed by atoms with van der Waals surface area (Å²) >= 11 is 0. The van der Waals surface area contributed by atoms with Crippen molar-refractivity contribution in [3.8, 4) is 0 Å². The fourth-order valence-corrected chi connectivity index (χ4v) is 6.52. The average Bonchev–Trinajstić information content (AvgIpc) is 3.73. The van der Waals surface area contributed by atoms with E-state index in [1.54, 1.807) is 7.11 Å². The Morgan fingerprint density at radius 3 is 2.58 bits per heavy atom. The van der Waals surface area contributed by atoms with Crippen LogP contribution in [0, 0.1) is 5.41 Å². The standard InChI is InChI=1S/C31H46N4O5/c1-30(2,3)31(21-33(29(37)38)16-18-40-31)28(36)34(24-12-13-24)20-22-11-14-25-26(19-22)35(15-8-17-39-4)32-27(25)23-9-6-5-7-10-23/h11,14,19,23-24H,5-10,12-13,15-18,20-21H2,1-4H3,(H,37,38)/t31-/m1/s1. The average molecular weight is 555 g/mol. The first-order valence-corrected chi connectivity index (χ1v) is 15.1. The number of carbonyl (C=O) groups excluding carboxylic acids is 1. The predicted octanol–water partition coefficient (Wildman–Crippen LogP) is 5.41. The number of hydrogen-bond donors (Lipinski definition) is 1. The van der Waals surface area contributed by atoms with Crippen LogP contribution in [-0.4, -0.2) is 81.7 Å². The number of fused-ring (bicyclic) bond motifs is 1. The minimum atomic E-state index is -1.23. The number of carbonyl (C=O) groups is 2. The van der Waals surface area contributed by atoms with E-state index < -0.39 is 17.1 Å². The highest BCUT2D eigenvalue weighted by atomic mass is 16.5. The summed E-state index contributed by atoms with van der Waals surface area (Å²) < 4.78 is 13.7. The highest BCUT2D eigenvalue weighted by molar-refractivity contribution is 5.88. The van der Waals surface area contributed by atoms with E-state index in [2.05, 4.69) is 22.9 Å². The number of nitrogens with zero attached hydrogens (tertiary/aromatic N) is 4. The summed E-state index contributed by atoms with van der Waals surface area (Å²) in [5, 5.41) is 16.1. The third-order valence-electron chi connectivity index (χ3n) is 9.11. The van der Waals surface area contributed by atoms with Crippen LogP contribution in [0.25, 0.3) is 10.9 Å². The molecule has 0 bridgehead atoms. The quantitative estimate of drug-likeness (QED) is 0.417. The summed E-state index contributed by atoms with van der Waals surface area (Å²) in [4.78, 5) is 29.6.